The summed E-state index contributed by atoms with van der Waals surface area (Å²) in [5.41, 5.74) is 1.47. The molecule has 0 fully saturated rings. The standard InChI is InChI=1S/C21H17Cl2NO4S2/c1-28-21(25)17-12-16(10-11-18(17)23)30(26,27)24-19-4-2-3-5-20(19)29-13-14-6-8-15(22)9-7-14/h2-12,24H,13H2,1H3. The predicted octanol–water partition coefficient (Wildman–Crippen LogP) is 5.87. The fraction of sp³-hybridized carbons (Fsp3) is 0.0952. The lowest BCUT2D eigenvalue weighted by Gasteiger charge is -2.13. The van der Waals surface area contributed by atoms with Crippen molar-refractivity contribution in [1.29, 1.82) is 0 Å². The first-order valence-electron chi connectivity index (χ1n) is 8.67. The van der Waals surface area contributed by atoms with E-state index >= 15 is 0 Å². The van der Waals surface area contributed by atoms with Crippen molar-refractivity contribution < 1.29 is 17.9 Å². The third kappa shape index (κ3) is 5.49. The van der Waals surface area contributed by atoms with Crippen LogP contribution in [0.2, 0.25) is 10.0 Å². The number of halogens is 2. The zero-order valence-corrected chi connectivity index (χ0v) is 18.9. The number of thioether (sulfide) groups is 1. The highest BCUT2D eigenvalue weighted by atomic mass is 35.5. The summed E-state index contributed by atoms with van der Waals surface area (Å²) >= 11 is 13.4. The fourth-order valence-corrected chi connectivity index (χ4v) is 5.01. The van der Waals surface area contributed by atoms with Gasteiger partial charge in [-0.25, -0.2) is 13.2 Å². The first-order chi connectivity index (χ1) is 14.3. The van der Waals surface area contributed by atoms with Gasteiger partial charge >= 0.3 is 5.97 Å². The number of carbonyl (C=O) groups is 1. The number of anilines is 1. The zero-order valence-electron chi connectivity index (χ0n) is 15.8. The number of methoxy groups -OCH3 is 1. The van der Waals surface area contributed by atoms with Crippen molar-refractivity contribution in [2.75, 3.05) is 11.8 Å². The molecule has 0 spiro atoms. The van der Waals surface area contributed by atoms with Crippen LogP contribution < -0.4 is 4.72 Å². The summed E-state index contributed by atoms with van der Waals surface area (Å²) in [5, 5.41) is 0.769. The summed E-state index contributed by atoms with van der Waals surface area (Å²) in [6.07, 6.45) is 0. The summed E-state index contributed by atoms with van der Waals surface area (Å²) in [6, 6.07) is 18.4. The second-order valence-corrected chi connectivity index (χ2v) is 9.69. The van der Waals surface area contributed by atoms with Crippen molar-refractivity contribution in [2.24, 2.45) is 0 Å². The van der Waals surface area contributed by atoms with Crippen molar-refractivity contribution in [3.8, 4) is 0 Å². The van der Waals surface area contributed by atoms with Gasteiger partial charge in [0.2, 0.25) is 0 Å². The lowest BCUT2D eigenvalue weighted by molar-refractivity contribution is 0.0600. The number of para-hydroxylation sites is 1. The quantitative estimate of drug-likeness (QED) is 0.337. The second kappa shape index (κ2) is 9.75. The van der Waals surface area contributed by atoms with Crippen LogP contribution in [0.15, 0.2) is 76.5 Å². The number of carbonyl (C=O) groups excluding carboxylic acids is 1. The highest BCUT2D eigenvalue weighted by molar-refractivity contribution is 7.98. The molecule has 30 heavy (non-hydrogen) atoms. The van der Waals surface area contributed by atoms with Gasteiger partial charge in [-0.15, -0.1) is 11.8 Å². The Balaban J connectivity index is 1.83. The van der Waals surface area contributed by atoms with Crippen LogP contribution in [0.5, 0.6) is 0 Å². The molecule has 0 aliphatic carbocycles. The molecule has 3 aromatic carbocycles. The first-order valence-corrected chi connectivity index (χ1v) is 11.9. The van der Waals surface area contributed by atoms with Crippen LogP contribution in [0.4, 0.5) is 5.69 Å². The van der Waals surface area contributed by atoms with Crippen LogP contribution in [-0.2, 0) is 20.5 Å². The molecular formula is C21H17Cl2NO4S2. The van der Waals surface area contributed by atoms with Gasteiger partial charge in [-0.1, -0.05) is 47.5 Å². The van der Waals surface area contributed by atoms with Crippen molar-refractivity contribution in [1.82, 2.24) is 0 Å². The number of nitrogens with one attached hydrogen (secondary N) is 1. The third-order valence-electron chi connectivity index (χ3n) is 4.09. The van der Waals surface area contributed by atoms with Gasteiger partial charge in [-0.2, -0.15) is 0 Å². The van der Waals surface area contributed by atoms with E-state index < -0.39 is 16.0 Å². The van der Waals surface area contributed by atoms with E-state index in [4.69, 9.17) is 23.2 Å². The topological polar surface area (TPSA) is 72.5 Å². The summed E-state index contributed by atoms with van der Waals surface area (Å²) < 4.78 is 33.1. The predicted molar refractivity (Wildman–Crippen MR) is 121 cm³/mol. The van der Waals surface area contributed by atoms with E-state index in [1.807, 2.05) is 36.4 Å². The Hall–Kier alpha value is -2.19. The van der Waals surface area contributed by atoms with Crippen molar-refractivity contribution in [2.45, 2.75) is 15.5 Å². The van der Waals surface area contributed by atoms with Crippen LogP contribution in [0.25, 0.3) is 0 Å². The Kier molecular flexibility index (Phi) is 7.31. The van der Waals surface area contributed by atoms with Crippen molar-refractivity contribution >= 4 is 56.6 Å². The summed E-state index contributed by atoms with van der Waals surface area (Å²) in [7, 11) is -2.75. The van der Waals surface area contributed by atoms with E-state index in [1.165, 1.54) is 37.1 Å². The minimum atomic E-state index is -3.95. The minimum Gasteiger partial charge on any atom is -0.465 e. The Morgan fingerprint density at radius 3 is 2.43 bits per heavy atom. The smallest absolute Gasteiger partial charge is 0.339 e. The molecule has 0 heterocycles. The fourth-order valence-electron chi connectivity index (χ4n) is 2.56. The summed E-state index contributed by atoms with van der Waals surface area (Å²) in [4.78, 5) is 12.5. The van der Waals surface area contributed by atoms with E-state index in [0.717, 1.165) is 10.5 Å². The molecule has 0 bridgehead atoms. The molecule has 0 saturated heterocycles. The number of benzene rings is 3. The van der Waals surface area contributed by atoms with Crippen LogP contribution in [0.1, 0.15) is 15.9 Å². The Labute approximate surface area is 189 Å². The van der Waals surface area contributed by atoms with Gasteiger partial charge in [-0.05, 0) is 48.0 Å². The average Bonchev–Trinajstić information content (AvgIpc) is 2.73. The number of hydrogen-bond acceptors (Lipinski definition) is 5. The van der Waals surface area contributed by atoms with E-state index in [0.29, 0.717) is 16.5 Å². The number of esters is 1. The van der Waals surface area contributed by atoms with Gasteiger partial charge in [0.25, 0.3) is 10.0 Å². The molecule has 0 unspecified atom stereocenters. The van der Waals surface area contributed by atoms with Crippen molar-refractivity contribution in [3.05, 3.63) is 87.9 Å². The monoisotopic (exact) mass is 481 g/mol. The Bertz CT molecular complexity index is 1170. The maximum atomic E-state index is 12.9. The molecule has 0 aliphatic heterocycles. The van der Waals surface area contributed by atoms with E-state index in [-0.39, 0.29) is 15.5 Å². The molecule has 0 radical (unpaired) electrons. The Morgan fingerprint density at radius 1 is 1.03 bits per heavy atom. The average molecular weight is 482 g/mol. The van der Waals surface area contributed by atoms with Crippen LogP contribution in [0.3, 0.4) is 0 Å². The summed E-state index contributed by atoms with van der Waals surface area (Å²) in [5.74, 6) is -0.0699. The van der Waals surface area contributed by atoms with Gasteiger partial charge in [0.05, 0.1) is 28.3 Å². The Morgan fingerprint density at radius 2 is 1.73 bits per heavy atom. The minimum absolute atomic E-state index is 0.0209. The maximum Gasteiger partial charge on any atom is 0.339 e. The molecule has 3 aromatic rings. The zero-order chi connectivity index (χ0) is 21.7. The second-order valence-electron chi connectivity index (χ2n) is 6.15. The largest absolute Gasteiger partial charge is 0.465 e. The van der Waals surface area contributed by atoms with Gasteiger partial charge < -0.3 is 4.74 Å². The highest BCUT2D eigenvalue weighted by Gasteiger charge is 2.20. The summed E-state index contributed by atoms with van der Waals surface area (Å²) in [6.45, 7) is 0. The molecule has 1 N–H and O–H groups in total. The molecule has 0 saturated carbocycles. The molecular weight excluding hydrogens is 465 g/mol. The number of ether oxygens (including phenoxy) is 1. The van der Waals surface area contributed by atoms with Gasteiger partial charge in [-0.3, -0.25) is 4.72 Å². The molecule has 3 rings (SSSR count). The molecule has 0 atom stereocenters. The molecule has 156 valence electrons. The van der Waals surface area contributed by atoms with E-state index in [9.17, 15) is 13.2 Å². The van der Waals surface area contributed by atoms with E-state index in [2.05, 4.69) is 9.46 Å². The molecule has 0 amide bonds. The molecule has 5 nitrogen and oxygen atoms in total. The number of sulfonamides is 1. The normalized spacial score (nSPS) is 11.2. The van der Waals surface area contributed by atoms with Crippen LogP contribution in [0, 0.1) is 0 Å². The van der Waals surface area contributed by atoms with Gasteiger partial charge in [0, 0.05) is 15.7 Å². The SMILES string of the molecule is COC(=O)c1cc(S(=O)(=O)Nc2ccccc2SCc2ccc(Cl)cc2)ccc1Cl. The molecule has 0 aromatic heterocycles. The number of rotatable bonds is 7. The van der Waals surface area contributed by atoms with Gasteiger partial charge in [0.15, 0.2) is 0 Å². The van der Waals surface area contributed by atoms with E-state index in [1.54, 1.807) is 12.1 Å². The van der Waals surface area contributed by atoms with Crippen molar-refractivity contribution in [3.63, 3.8) is 0 Å². The maximum absolute atomic E-state index is 12.9. The molecule has 0 aliphatic rings. The van der Waals surface area contributed by atoms with Gasteiger partial charge in [0.1, 0.15) is 0 Å². The highest BCUT2D eigenvalue weighted by Crippen LogP contribution is 2.32. The van der Waals surface area contributed by atoms with Crippen LogP contribution >= 0.6 is 35.0 Å². The first kappa shape index (κ1) is 22.5. The lowest BCUT2D eigenvalue weighted by Crippen LogP contribution is -2.14. The number of hydrogen-bond donors (Lipinski definition) is 1. The lowest BCUT2D eigenvalue weighted by atomic mass is 10.2. The van der Waals surface area contributed by atoms with Crippen LogP contribution in [-0.4, -0.2) is 21.5 Å². The third-order valence-corrected chi connectivity index (χ3v) is 7.18. The molecule has 9 heteroatoms.